The molecule has 2 aromatic heterocycles. The van der Waals surface area contributed by atoms with Gasteiger partial charge in [-0.1, -0.05) is 11.6 Å². The van der Waals surface area contributed by atoms with Crippen LogP contribution in [0.4, 0.5) is 5.95 Å². The topological polar surface area (TPSA) is 84.7 Å². The first-order chi connectivity index (χ1) is 11.0. The van der Waals surface area contributed by atoms with Gasteiger partial charge in [0.25, 0.3) is 5.91 Å². The average molecular weight is 337 g/mol. The largest absolute Gasteiger partial charge is 0.355 e. The lowest BCUT2D eigenvalue weighted by Gasteiger charge is -2.07. The molecule has 0 spiro atoms. The Labute approximate surface area is 140 Å². The summed E-state index contributed by atoms with van der Waals surface area (Å²) in [6.07, 6.45) is 3.79. The van der Waals surface area contributed by atoms with Gasteiger partial charge in [-0.25, -0.2) is 9.97 Å². The molecule has 23 heavy (non-hydrogen) atoms. The molecule has 2 rings (SSSR count). The van der Waals surface area contributed by atoms with E-state index < -0.39 is 0 Å². The number of rotatable bonds is 7. The normalized spacial score (nSPS) is 10.6. The van der Waals surface area contributed by atoms with Crippen LogP contribution in [0.25, 0.3) is 0 Å². The fourth-order valence-electron chi connectivity index (χ4n) is 2.12. The van der Waals surface area contributed by atoms with E-state index in [9.17, 15) is 4.79 Å². The quantitative estimate of drug-likeness (QED) is 0.757. The van der Waals surface area contributed by atoms with Gasteiger partial charge >= 0.3 is 0 Å². The van der Waals surface area contributed by atoms with E-state index in [1.54, 1.807) is 0 Å². The zero-order valence-corrected chi connectivity index (χ0v) is 14.3. The first-order valence-corrected chi connectivity index (χ1v) is 7.94. The molecule has 2 heterocycles. The van der Waals surface area contributed by atoms with E-state index in [1.165, 1.54) is 12.4 Å². The van der Waals surface area contributed by atoms with Gasteiger partial charge in [0.2, 0.25) is 5.95 Å². The van der Waals surface area contributed by atoms with Gasteiger partial charge in [0.1, 0.15) is 0 Å². The molecule has 0 atom stereocenters. The molecule has 0 saturated heterocycles. The second-order valence-corrected chi connectivity index (χ2v) is 5.52. The minimum atomic E-state index is -0.181. The van der Waals surface area contributed by atoms with Crippen molar-refractivity contribution in [2.75, 3.05) is 18.4 Å². The van der Waals surface area contributed by atoms with E-state index in [4.69, 9.17) is 11.6 Å². The van der Waals surface area contributed by atoms with Crippen molar-refractivity contribution < 1.29 is 4.79 Å². The summed E-state index contributed by atoms with van der Waals surface area (Å²) in [6, 6.07) is 0. The van der Waals surface area contributed by atoms with Gasteiger partial charge in [-0.3, -0.25) is 9.48 Å². The predicted octanol–water partition coefficient (Wildman–Crippen LogP) is 2.20. The van der Waals surface area contributed by atoms with Crippen molar-refractivity contribution in [3.63, 3.8) is 0 Å². The van der Waals surface area contributed by atoms with Crippen LogP contribution in [-0.2, 0) is 6.54 Å². The summed E-state index contributed by atoms with van der Waals surface area (Å²) in [5.41, 5.74) is 2.22. The van der Waals surface area contributed by atoms with Gasteiger partial charge < -0.3 is 10.6 Å². The van der Waals surface area contributed by atoms with Gasteiger partial charge in [-0.2, -0.15) is 5.10 Å². The van der Waals surface area contributed by atoms with E-state index >= 15 is 0 Å². The average Bonchev–Trinajstić information content (AvgIpc) is 2.79. The maximum Gasteiger partial charge on any atom is 0.254 e. The van der Waals surface area contributed by atoms with E-state index in [-0.39, 0.29) is 5.91 Å². The summed E-state index contributed by atoms with van der Waals surface area (Å²) in [5.74, 6) is 0.338. The molecule has 0 aliphatic rings. The molecule has 0 aliphatic carbocycles. The van der Waals surface area contributed by atoms with Gasteiger partial charge in [0, 0.05) is 32.0 Å². The third-order valence-corrected chi connectivity index (χ3v) is 3.92. The Kier molecular flexibility index (Phi) is 5.92. The number of nitrogens with zero attached hydrogens (tertiary/aromatic N) is 4. The number of halogens is 1. The number of carbonyl (C=O) groups is 1. The van der Waals surface area contributed by atoms with Crippen LogP contribution in [0.2, 0.25) is 5.02 Å². The number of aryl methyl sites for hydroxylation is 2. The number of anilines is 1. The first kappa shape index (κ1) is 17.2. The summed E-state index contributed by atoms with van der Waals surface area (Å²) in [4.78, 5) is 20.2. The fourth-order valence-corrected chi connectivity index (χ4v) is 2.26. The SMILES string of the molecule is CCNc1ncc(C(=O)NCCCn2nc(C)c(Cl)c2C)cn1. The van der Waals surface area contributed by atoms with Crippen molar-refractivity contribution in [3.8, 4) is 0 Å². The second-order valence-electron chi connectivity index (χ2n) is 5.14. The van der Waals surface area contributed by atoms with Crippen LogP contribution in [0.3, 0.4) is 0 Å². The number of aromatic nitrogens is 4. The summed E-state index contributed by atoms with van der Waals surface area (Å²) in [6.45, 7) is 7.76. The molecular formula is C15H21ClN6O. The van der Waals surface area contributed by atoms with Crippen LogP contribution in [0.1, 0.15) is 35.1 Å². The van der Waals surface area contributed by atoms with Crippen molar-refractivity contribution in [3.05, 3.63) is 34.4 Å². The van der Waals surface area contributed by atoms with Crippen LogP contribution in [0.15, 0.2) is 12.4 Å². The van der Waals surface area contributed by atoms with Crippen molar-refractivity contribution in [2.45, 2.75) is 33.7 Å². The smallest absolute Gasteiger partial charge is 0.254 e. The molecule has 0 unspecified atom stereocenters. The summed E-state index contributed by atoms with van der Waals surface area (Å²) >= 11 is 6.10. The van der Waals surface area contributed by atoms with Gasteiger partial charge in [-0.15, -0.1) is 0 Å². The molecule has 2 aromatic rings. The highest BCUT2D eigenvalue weighted by molar-refractivity contribution is 6.31. The summed E-state index contributed by atoms with van der Waals surface area (Å²) in [7, 11) is 0. The lowest BCUT2D eigenvalue weighted by atomic mass is 10.3. The number of hydrogen-bond acceptors (Lipinski definition) is 5. The Morgan fingerprint density at radius 1 is 1.30 bits per heavy atom. The van der Waals surface area contributed by atoms with Crippen molar-refractivity contribution in [2.24, 2.45) is 0 Å². The van der Waals surface area contributed by atoms with Crippen molar-refractivity contribution >= 4 is 23.5 Å². The molecular weight excluding hydrogens is 316 g/mol. The van der Waals surface area contributed by atoms with Gasteiger partial charge in [0.05, 0.1) is 22.0 Å². The zero-order chi connectivity index (χ0) is 16.8. The third-order valence-electron chi connectivity index (χ3n) is 3.37. The maximum absolute atomic E-state index is 12.0. The summed E-state index contributed by atoms with van der Waals surface area (Å²) < 4.78 is 1.86. The fraction of sp³-hybridized carbons (Fsp3) is 0.467. The minimum Gasteiger partial charge on any atom is -0.355 e. The monoisotopic (exact) mass is 336 g/mol. The standard InChI is InChI=1S/C15H21ClN6O/c1-4-17-15-19-8-12(9-20-15)14(23)18-6-5-7-22-11(3)13(16)10(2)21-22/h8-9H,4-7H2,1-3H3,(H,18,23)(H,17,19,20). The third kappa shape index (κ3) is 4.41. The lowest BCUT2D eigenvalue weighted by molar-refractivity contribution is 0.0952. The predicted molar refractivity (Wildman–Crippen MR) is 89.9 cm³/mol. The van der Waals surface area contributed by atoms with Crippen LogP contribution < -0.4 is 10.6 Å². The van der Waals surface area contributed by atoms with E-state index in [0.717, 1.165) is 24.4 Å². The second kappa shape index (κ2) is 7.92. The Balaban J connectivity index is 1.79. The van der Waals surface area contributed by atoms with Crippen LogP contribution in [0, 0.1) is 13.8 Å². The van der Waals surface area contributed by atoms with Crippen LogP contribution >= 0.6 is 11.6 Å². The Bertz CT molecular complexity index is 667. The molecule has 1 amide bonds. The number of amides is 1. The highest BCUT2D eigenvalue weighted by Gasteiger charge is 2.09. The van der Waals surface area contributed by atoms with E-state index in [2.05, 4.69) is 25.7 Å². The highest BCUT2D eigenvalue weighted by atomic mass is 35.5. The Hall–Kier alpha value is -2.15. The molecule has 0 bridgehead atoms. The Morgan fingerprint density at radius 2 is 2.00 bits per heavy atom. The lowest BCUT2D eigenvalue weighted by Crippen LogP contribution is -2.25. The highest BCUT2D eigenvalue weighted by Crippen LogP contribution is 2.18. The van der Waals surface area contributed by atoms with Crippen molar-refractivity contribution in [1.29, 1.82) is 0 Å². The van der Waals surface area contributed by atoms with Gasteiger partial charge in [-0.05, 0) is 27.2 Å². The molecule has 8 heteroatoms. The molecule has 0 radical (unpaired) electrons. The van der Waals surface area contributed by atoms with Crippen molar-refractivity contribution in [1.82, 2.24) is 25.1 Å². The molecule has 0 aliphatic heterocycles. The Morgan fingerprint density at radius 3 is 2.57 bits per heavy atom. The van der Waals surface area contributed by atoms with E-state index in [0.29, 0.717) is 29.6 Å². The molecule has 0 saturated carbocycles. The number of nitrogens with one attached hydrogen (secondary N) is 2. The number of hydrogen-bond donors (Lipinski definition) is 2. The van der Waals surface area contributed by atoms with Crippen LogP contribution in [-0.4, -0.2) is 38.7 Å². The molecule has 124 valence electrons. The van der Waals surface area contributed by atoms with Crippen LogP contribution in [0.5, 0.6) is 0 Å². The molecule has 0 aromatic carbocycles. The maximum atomic E-state index is 12.0. The minimum absolute atomic E-state index is 0.181. The molecule has 7 nitrogen and oxygen atoms in total. The zero-order valence-electron chi connectivity index (χ0n) is 13.6. The molecule has 2 N–H and O–H groups in total. The first-order valence-electron chi connectivity index (χ1n) is 7.56. The van der Waals surface area contributed by atoms with E-state index in [1.807, 2.05) is 25.5 Å². The number of carbonyl (C=O) groups excluding carboxylic acids is 1. The van der Waals surface area contributed by atoms with Gasteiger partial charge in [0.15, 0.2) is 0 Å². The summed E-state index contributed by atoms with van der Waals surface area (Å²) in [5, 5.41) is 10.9. The molecule has 0 fully saturated rings.